The van der Waals surface area contributed by atoms with E-state index in [9.17, 15) is 5.11 Å². The van der Waals surface area contributed by atoms with Crippen LogP contribution in [0.3, 0.4) is 0 Å². The molecule has 1 saturated carbocycles. The van der Waals surface area contributed by atoms with E-state index in [1.165, 1.54) is 19.3 Å². The normalized spacial score (nSPS) is 19.2. The monoisotopic (exact) mass is 317 g/mol. The summed E-state index contributed by atoms with van der Waals surface area (Å²) in [6, 6.07) is 3.36. The van der Waals surface area contributed by atoms with Crippen molar-refractivity contribution in [1.82, 2.24) is 0 Å². The smallest absolute Gasteiger partial charge is 0.136 e. The van der Waals surface area contributed by atoms with Crippen LogP contribution in [0.15, 0.2) is 16.6 Å². The molecule has 1 aromatic rings. The zero-order valence-corrected chi connectivity index (χ0v) is 12.0. The lowest BCUT2D eigenvalue weighted by Crippen LogP contribution is -2.24. The number of halogens is 2. The van der Waals surface area contributed by atoms with Gasteiger partial charge < -0.3 is 10.8 Å². The number of rotatable bonds is 2. The molecular weight excluding hydrogens is 302 g/mol. The van der Waals surface area contributed by atoms with Gasteiger partial charge >= 0.3 is 0 Å². The molecule has 3 N–H and O–H groups in total. The van der Waals surface area contributed by atoms with E-state index < -0.39 is 0 Å². The van der Waals surface area contributed by atoms with Gasteiger partial charge in [-0.2, -0.15) is 0 Å². The zero-order chi connectivity index (χ0) is 12.4. The maximum atomic E-state index is 10.1. The lowest BCUT2D eigenvalue weighted by atomic mass is 9.81. The fourth-order valence-corrected chi connectivity index (χ4v) is 3.23. The average Bonchev–Trinajstić information content (AvgIpc) is 2.35. The number of phenols is 1. The van der Waals surface area contributed by atoms with Gasteiger partial charge in [-0.15, -0.1) is 0 Å². The summed E-state index contributed by atoms with van der Waals surface area (Å²) >= 11 is 9.46. The molecule has 0 heterocycles. The first-order valence-corrected chi connectivity index (χ1v) is 7.21. The van der Waals surface area contributed by atoms with Crippen molar-refractivity contribution in [3.05, 3.63) is 27.2 Å². The Morgan fingerprint density at radius 2 is 1.94 bits per heavy atom. The average molecular weight is 319 g/mol. The Balaban J connectivity index is 2.29. The Kier molecular flexibility index (Phi) is 4.34. The summed E-state index contributed by atoms with van der Waals surface area (Å²) in [7, 11) is 0. The minimum absolute atomic E-state index is 0.166. The topological polar surface area (TPSA) is 46.2 Å². The molecule has 2 nitrogen and oxygen atoms in total. The number of hydrogen-bond donors (Lipinski definition) is 2. The summed E-state index contributed by atoms with van der Waals surface area (Å²) in [6.07, 6.45) is 6.00. The van der Waals surface area contributed by atoms with Crippen LogP contribution in [0.5, 0.6) is 5.75 Å². The molecular formula is C13H17BrClNO. The number of hydrogen-bond acceptors (Lipinski definition) is 2. The Labute approximate surface area is 115 Å². The van der Waals surface area contributed by atoms with E-state index in [1.54, 1.807) is 12.1 Å². The second-order valence-corrected chi connectivity index (χ2v) is 5.98. The van der Waals surface area contributed by atoms with Gasteiger partial charge in [0.05, 0.1) is 4.47 Å². The summed E-state index contributed by atoms with van der Waals surface area (Å²) in [5.74, 6) is 0.622. The molecule has 0 amide bonds. The number of phenolic OH excluding ortho intramolecular Hbond substituents is 1. The fourth-order valence-electron chi connectivity index (χ4n) is 2.60. The largest absolute Gasteiger partial charge is 0.506 e. The SMILES string of the molecule is N[C@@H](c1c(Cl)ccc(Br)c1O)C1CCCCC1. The predicted octanol–water partition coefficient (Wildman–Crippen LogP) is 4.39. The number of nitrogens with two attached hydrogens (primary N) is 1. The molecule has 1 atom stereocenters. The summed E-state index contributed by atoms with van der Waals surface area (Å²) in [5.41, 5.74) is 6.96. The molecule has 1 aromatic carbocycles. The van der Waals surface area contributed by atoms with Gasteiger partial charge in [0.1, 0.15) is 5.75 Å². The van der Waals surface area contributed by atoms with E-state index in [2.05, 4.69) is 15.9 Å². The summed E-state index contributed by atoms with van der Waals surface area (Å²) in [4.78, 5) is 0. The van der Waals surface area contributed by atoms with Crippen molar-refractivity contribution in [2.24, 2.45) is 11.7 Å². The van der Waals surface area contributed by atoms with Crippen LogP contribution in [0.25, 0.3) is 0 Å². The highest BCUT2D eigenvalue weighted by molar-refractivity contribution is 9.10. The molecule has 1 aliphatic rings. The van der Waals surface area contributed by atoms with E-state index in [-0.39, 0.29) is 11.8 Å². The molecule has 2 rings (SSSR count). The molecule has 0 radical (unpaired) electrons. The Morgan fingerprint density at radius 3 is 2.59 bits per heavy atom. The lowest BCUT2D eigenvalue weighted by molar-refractivity contribution is 0.303. The highest BCUT2D eigenvalue weighted by atomic mass is 79.9. The second kappa shape index (κ2) is 5.59. The van der Waals surface area contributed by atoms with Crippen LogP contribution in [0.1, 0.15) is 43.7 Å². The highest BCUT2D eigenvalue weighted by Gasteiger charge is 2.26. The Hall–Kier alpha value is -0.250. The van der Waals surface area contributed by atoms with Crippen molar-refractivity contribution in [1.29, 1.82) is 0 Å². The van der Waals surface area contributed by atoms with Gasteiger partial charge in [0, 0.05) is 16.6 Å². The van der Waals surface area contributed by atoms with Gasteiger partial charge in [-0.1, -0.05) is 30.9 Å². The molecule has 1 fully saturated rings. The molecule has 0 saturated heterocycles. The van der Waals surface area contributed by atoms with Crippen molar-refractivity contribution in [3.63, 3.8) is 0 Å². The molecule has 0 aromatic heterocycles. The third kappa shape index (κ3) is 2.78. The number of benzene rings is 1. The first-order chi connectivity index (χ1) is 8.11. The molecule has 94 valence electrons. The van der Waals surface area contributed by atoms with Gasteiger partial charge in [0.2, 0.25) is 0 Å². The van der Waals surface area contributed by atoms with E-state index in [1.807, 2.05) is 0 Å². The summed E-state index contributed by atoms with van der Waals surface area (Å²) in [6.45, 7) is 0. The zero-order valence-electron chi connectivity index (χ0n) is 9.63. The molecule has 1 aliphatic carbocycles. The van der Waals surface area contributed by atoms with Crippen molar-refractivity contribution in [3.8, 4) is 5.75 Å². The van der Waals surface area contributed by atoms with Gasteiger partial charge in [-0.25, -0.2) is 0 Å². The van der Waals surface area contributed by atoms with Gasteiger partial charge in [-0.3, -0.25) is 0 Å². The molecule has 0 spiro atoms. The van der Waals surface area contributed by atoms with Crippen molar-refractivity contribution >= 4 is 27.5 Å². The van der Waals surface area contributed by atoms with Gasteiger partial charge in [0.25, 0.3) is 0 Å². The van der Waals surface area contributed by atoms with Crippen molar-refractivity contribution in [2.45, 2.75) is 38.1 Å². The third-order valence-corrected chi connectivity index (χ3v) is 4.58. The van der Waals surface area contributed by atoms with Crippen molar-refractivity contribution in [2.75, 3.05) is 0 Å². The van der Waals surface area contributed by atoms with Crippen LogP contribution in [0.4, 0.5) is 0 Å². The minimum atomic E-state index is -0.166. The van der Waals surface area contributed by atoms with Crippen LogP contribution < -0.4 is 5.73 Å². The second-order valence-electron chi connectivity index (χ2n) is 4.72. The van der Waals surface area contributed by atoms with E-state index in [0.29, 0.717) is 21.0 Å². The van der Waals surface area contributed by atoms with Crippen LogP contribution >= 0.6 is 27.5 Å². The quantitative estimate of drug-likeness (QED) is 0.849. The van der Waals surface area contributed by atoms with Gasteiger partial charge in [0.15, 0.2) is 0 Å². The molecule has 4 heteroatoms. The maximum absolute atomic E-state index is 10.1. The van der Waals surface area contributed by atoms with Gasteiger partial charge in [-0.05, 0) is 46.8 Å². The first-order valence-electron chi connectivity index (χ1n) is 6.03. The fraction of sp³-hybridized carbons (Fsp3) is 0.538. The van der Waals surface area contributed by atoms with Crippen LogP contribution in [-0.4, -0.2) is 5.11 Å². The standard InChI is InChI=1S/C13H17BrClNO/c14-9-6-7-10(15)11(13(9)17)12(16)8-4-2-1-3-5-8/h6-8,12,17H,1-5,16H2/t12-/m1/s1. The van der Waals surface area contributed by atoms with Crippen LogP contribution in [-0.2, 0) is 0 Å². The first kappa shape index (κ1) is 13.2. The molecule has 0 unspecified atom stereocenters. The highest BCUT2D eigenvalue weighted by Crippen LogP contribution is 2.42. The molecule has 0 aliphatic heterocycles. The minimum Gasteiger partial charge on any atom is -0.506 e. The van der Waals surface area contributed by atoms with Crippen LogP contribution in [0, 0.1) is 5.92 Å². The predicted molar refractivity (Wildman–Crippen MR) is 74.3 cm³/mol. The Morgan fingerprint density at radius 1 is 1.29 bits per heavy atom. The molecule has 0 bridgehead atoms. The van der Waals surface area contributed by atoms with E-state index in [4.69, 9.17) is 17.3 Å². The maximum Gasteiger partial charge on any atom is 0.136 e. The molecule has 17 heavy (non-hydrogen) atoms. The van der Waals surface area contributed by atoms with Crippen LogP contribution in [0.2, 0.25) is 5.02 Å². The number of aromatic hydroxyl groups is 1. The van der Waals surface area contributed by atoms with E-state index in [0.717, 1.165) is 12.8 Å². The summed E-state index contributed by atoms with van der Waals surface area (Å²) in [5, 5.41) is 10.6. The van der Waals surface area contributed by atoms with Crippen molar-refractivity contribution < 1.29 is 5.11 Å². The summed E-state index contributed by atoms with van der Waals surface area (Å²) < 4.78 is 0.656. The Bertz CT molecular complexity index is 405. The third-order valence-electron chi connectivity index (χ3n) is 3.61. The van der Waals surface area contributed by atoms with E-state index >= 15 is 0 Å². The lowest BCUT2D eigenvalue weighted by Gasteiger charge is -2.28.